The summed E-state index contributed by atoms with van der Waals surface area (Å²) < 4.78 is 5.16. The minimum absolute atomic E-state index is 0.528. The van der Waals surface area contributed by atoms with E-state index >= 15 is 0 Å². The third-order valence-corrected chi connectivity index (χ3v) is 4.02. The Hall–Kier alpha value is -1.36. The van der Waals surface area contributed by atoms with Crippen molar-refractivity contribution in [2.45, 2.75) is 45.1 Å². The van der Waals surface area contributed by atoms with E-state index < -0.39 is 5.60 Å². The normalized spacial score (nSPS) is 27.1. The zero-order valence-electron chi connectivity index (χ0n) is 11.9. The molecule has 1 heterocycles. The second-order valence-electron chi connectivity index (χ2n) is 5.62. The molecule has 1 aromatic rings. The second-order valence-corrected chi connectivity index (χ2v) is 5.62. The number of nitrogens with zero attached hydrogens (tertiary/aromatic N) is 2. The van der Waals surface area contributed by atoms with E-state index in [1.165, 1.54) is 6.33 Å². The smallest absolute Gasteiger partial charge is 0.221 e. The summed E-state index contributed by atoms with van der Waals surface area (Å²) in [5.74, 6) is 2.03. The maximum absolute atomic E-state index is 10.5. The summed E-state index contributed by atoms with van der Waals surface area (Å²) in [6, 6.07) is 0. The molecule has 2 N–H and O–H groups in total. The molecule has 1 saturated carbocycles. The number of aliphatic hydroxyl groups is 1. The fourth-order valence-corrected chi connectivity index (χ4v) is 2.54. The minimum Gasteiger partial charge on any atom is -0.481 e. The Morgan fingerprint density at radius 1 is 1.42 bits per heavy atom. The molecule has 5 heteroatoms. The Labute approximate surface area is 114 Å². The molecule has 2 rings (SSSR count). The van der Waals surface area contributed by atoms with Crippen LogP contribution in [0.5, 0.6) is 5.88 Å². The van der Waals surface area contributed by atoms with Crippen LogP contribution in [-0.4, -0.2) is 34.3 Å². The van der Waals surface area contributed by atoms with Gasteiger partial charge in [-0.2, -0.15) is 0 Å². The minimum atomic E-state index is -0.614. The molecule has 0 saturated heterocycles. The van der Waals surface area contributed by atoms with Crippen molar-refractivity contribution in [2.24, 2.45) is 5.92 Å². The Bertz CT molecular complexity index is 429. The largest absolute Gasteiger partial charge is 0.481 e. The lowest BCUT2D eigenvalue weighted by molar-refractivity contribution is 0.00493. The van der Waals surface area contributed by atoms with Crippen LogP contribution in [0.25, 0.3) is 0 Å². The van der Waals surface area contributed by atoms with Crippen LogP contribution in [0.2, 0.25) is 0 Å². The molecule has 19 heavy (non-hydrogen) atoms. The first-order valence-electron chi connectivity index (χ1n) is 6.86. The highest BCUT2D eigenvalue weighted by Crippen LogP contribution is 2.32. The maximum Gasteiger partial charge on any atom is 0.221 e. The average molecular weight is 265 g/mol. The fraction of sp³-hybridized carbons (Fsp3) is 0.714. The Kier molecular flexibility index (Phi) is 4.24. The van der Waals surface area contributed by atoms with Gasteiger partial charge >= 0.3 is 0 Å². The number of rotatable bonds is 4. The van der Waals surface area contributed by atoms with Crippen molar-refractivity contribution < 1.29 is 9.84 Å². The summed E-state index contributed by atoms with van der Waals surface area (Å²) in [4.78, 5) is 8.25. The molecule has 0 amide bonds. The van der Waals surface area contributed by atoms with Crippen molar-refractivity contribution in [2.75, 3.05) is 19.0 Å². The van der Waals surface area contributed by atoms with Crippen LogP contribution in [0, 0.1) is 12.8 Å². The molecular formula is C14H23N3O2. The standard InChI is InChI=1S/C14H23N3O2/c1-10-4-6-14(18,7-5-10)8-15-12-11(2)13(19-3)17-9-16-12/h9-10,18H,4-8H2,1-3H3,(H,15,16,17). The van der Waals surface area contributed by atoms with Crippen molar-refractivity contribution in [3.05, 3.63) is 11.9 Å². The highest BCUT2D eigenvalue weighted by Gasteiger charge is 2.31. The van der Waals surface area contributed by atoms with E-state index in [2.05, 4.69) is 22.2 Å². The van der Waals surface area contributed by atoms with Gasteiger partial charge in [0.2, 0.25) is 5.88 Å². The molecule has 5 nitrogen and oxygen atoms in total. The summed E-state index contributed by atoms with van der Waals surface area (Å²) >= 11 is 0. The van der Waals surface area contributed by atoms with Crippen molar-refractivity contribution in [3.63, 3.8) is 0 Å². The topological polar surface area (TPSA) is 67.3 Å². The first kappa shape index (κ1) is 14.1. The van der Waals surface area contributed by atoms with Gasteiger partial charge in [0.1, 0.15) is 12.1 Å². The van der Waals surface area contributed by atoms with Crippen LogP contribution in [0.4, 0.5) is 5.82 Å². The maximum atomic E-state index is 10.5. The first-order valence-corrected chi connectivity index (χ1v) is 6.86. The van der Waals surface area contributed by atoms with Gasteiger partial charge in [0, 0.05) is 6.54 Å². The lowest BCUT2D eigenvalue weighted by atomic mass is 9.79. The van der Waals surface area contributed by atoms with Crippen LogP contribution in [-0.2, 0) is 0 Å². The van der Waals surface area contributed by atoms with Crippen LogP contribution in [0.1, 0.15) is 38.2 Å². The molecule has 1 aliphatic rings. The van der Waals surface area contributed by atoms with E-state index in [4.69, 9.17) is 4.74 Å². The molecule has 106 valence electrons. The third-order valence-electron chi connectivity index (χ3n) is 4.02. The van der Waals surface area contributed by atoms with E-state index in [1.54, 1.807) is 7.11 Å². The molecule has 1 aromatic heterocycles. The zero-order chi connectivity index (χ0) is 13.9. The highest BCUT2D eigenvalue weighted by atomic mass is 16.5. The number of hydrogen-bond acceptors (Lipinski definition) is 5. The molecule has 0 unspecified atom stereocenters. The number of nitrogens with one attached hydrogen (secondary N) is 1. The van der Waals surface area contributed by atoms with Gasteiger partial charge in [-0.05, 0) is 38.5 Å². The summed E-state index contributed by atoms with van der Waals surface area (Å²) in [6.45, 7) is 4.68. The summed E-state index contributed by atoms with van der Waals surface area (Å²) in [5.41, 5.74) is 0.259. The van der Waals surface area contributed by atoms with E-state index in [9.17, 15) is 5.11 Å². The zero-order valence-corrected chi connectivity index (χ0v) is 11.9. The van der Waals surface area contributed by atoms with Gasteiger partial charge in [0.25, 0.3) is 0 Å². The van der Waals surface area contributed by atoms with E-state index in [0.29, 0.717) is 12.4 Å². The molecule has 0 aromatic carbocycles. The van der Waals surface area contributed by atoms with E-state index in [0.717, 1.165) is 43.0 Å². The number of hydrogen-bond donors (Lipinski definition) is 2. The average Bonchev–Trinajstić information content (AvgIpc) is 2.41. The van der Waals surface area contributed by atoms with Crippen LogP contribution in [0.15, 0.2) is 6.33 Å². The molecule has 0 radical (unpaired) electrons. The van der Waals surface area contributed by atoms with Gasteiger partial charge in [-0.1, -0.05) is 6.92 Å². The molecular weight excluding hydrogens is 242 g/mol. The van der Waals surface area contributed by atoms with Crippen LogP contribution in [0.3, 0.4) is 0 Å². The predicted octanol–water partition coefficient (Wildman–Crippen LogP) is 2.15. The Morgan fingerprint density at radius 3 is 2.74 bits per heavy atom. The number of ether oxygens (including phenoxy) is 1. The van der Waals surface area contributed by atoms with Gasteiger partial charge in [-0.3, -0.25) is 0 Å². The monoisotopic (exact) mass is 265 g/mol. The van der Waals surface area contributed by atoms with E-state index in [1.807, 2.05) is 6.92 Å². The van der Waals surface area contributed by atoms with Gasteiger partial charge < -0.3 is 15.2 Å². The lowest BCUT2D eigenvalue weighted by Crippen LogP contribution is -2.40. The summed E-state index contributed by atoms with van der Waals surface area (Å²) in [7, 11) is 1.59. The van der Waals surface area contributed by atoms with Crippen molar-refractivity contribution in [3.8, 4) is 5.88 Å². The highest BCUT2D eigenvalue weighted by molar-refractivity contribution is 5.47. The SMILES string of the molecule is COc1ncnc(NCC2(O)CCC(C)CC2)c1C. The van der Waals surface area contributed by atoms with Gasteiger partial charge in [-0.15, -0.1) is 0 Å². The summed E-state index contributed by atoms with van der Waals surface area (Å²) in [6.07, 6.45) is 5.35. The second kappa shape index (κ2) is 5.74. The lowest BCUT2D eigenvalue weighted by Gasteiger charge is -2.35. The van der Waals surface area contributed by atoms with Crippen molar-refractivity contribution in [1.29, 1.82) is 0 Å². The van der Waals surface area contributed by atoms with E-state index in [-0.39, 0.29) is 0 Å². The molecule has 0 aliphatic heterocycles. The first-order chi connectivity index (χ1) is 9.04. The molecule has 1 fully saturated rings. The fourth-order valence-electron chi connectivity index (χ4n) is 2.54. The Balaban J connectivity index is 1.99. The van der Waals surface area contributed by atoms with Crippen LogP contribution >= 0.6 is 0 Å². The van der Waals surface area contributed by atoms with Crippen LogP contribution < -0.4 is 10.1 Å². The van der Waals surface area contributed by atoms with Crippen molar-refractivity contribution in [1.82, 2.24) is 9.97 Å². The molecule has 1 aliphatic carbocycles. The number of aromatic nitrogens is 2. The van der Waals surface area contributed by atoms with Gasteiger partial charge in [0.15, 0.2) is 0 Å². The number of methoxy groups -OCH3 is 1. The quantitative estimate of drug-likeness (QED) is 0.873. The van der Waals surface area contributed by atoms with Gasteiger partial charge in [-0.25, -0.2) is 9.97 Å². The van der Waals surface area contributed by atoms with Crippen molar-refractivity contribution >= 4 is 5.82 Å². The summed E-state index contributed by atoms with van der Waals surface area (Å²) in [5, 5.41) is 13.8. The number of anilines is 1. The predicted molar refractivity (Wildman–Crippen MR) is 74.4 cm³/mol. The Morgan fingerprint density at radius 2 is 2.11 bits per heavy atom. The molecule has 0 spiro atoms. The molecule has 0 atom stereocenters. The third kappa shape index (κ3) is 3.35. The molecule has 0 bridgehead atoms. The van der Waals surface area contributed by atoms with Gasteiger partial charge in [0.05, 0.1) is 18.3 Å².